The summed E-state index contributed by atoms with van der Waals surface area (Å²) >= 11 is 0. The zero-order valence-corrected chi connectivity index (χ0v) is 7.29. The summed E-state index contributed by atoms with van der Waals surface area (Å²) in [6.45, 7) is 3.75. The maximum Gasteiger partial charge on any atom is 0.319 e. The van der Waals surface area contributed by atoms with E-state index < -0.39 is 0 Å². The van der Waals surface area contributed by atoms with Gasteiger partial charge in [0.05, 0.1) is 0 Å². The zero-order chi connectivity index (χ0) is 8.55. The van der Waals surface area contributed by atoms with Crippen molar-refractivity contribution in [2.75, 3.05) is 13.1 Å². The van der Waals surface area contributed by atoms with Gasteiger partial charge in [-0.15, -0.1) is 0 Å². The molecule has 0 aromatic rings. The fraction of sp³-hybridized carbons (Fsp3) is 0.875. The Labute approximate surface area is 72.3 Å². The highest BCUT2D eigenvalue weighted by Gasteiger charge is 2.35. The minimum Gasteiger partial charge on any atom is -0.336 e. The molecular formula is C8H14N3O. The van der Waals surface area contributed by atoms with Gasteiger partial charge in [0, 0.05) is 19.1 Å². The Morgan fingerprint density at radius 1 is 1.67 bits per heavy atom. The second kappa shape index (κ2) is 2.94. The molecule has 2 fully saturated rings. The molecule has 0 aromatic carbocycles. The van der Waals surface area contributed by atoms with Crippen molar-refractivity contribution in [3.05, 3.63) is 0 Å². The number of hydrogen-bond donors (Lipinski definition) is 1. The van der Waals surface area contributed by atoms with E-state index >= 15 is 0 Å². The first-order chi connectivity index (χ1) is 5.79. The van der Waals surface area contributed by atoms with Gasteiger partial charge >= 0.3 is 6.03 Å². The quantitative estimate of drug-likeness (QED) is 0.594. The third-order valence-electron chi connectivity index (χ3n) is 2.54. The van der Waals surface area contributed by atoms with Gasteiger partial charge in [-0.2, -0.15) is 0 Å². The van der Waals surface area contributed by atoms with Gasteiger partial charge in [0.15, 0.2) is 0 Å². The first-order valence-corrected chi connectivity index (χ1v) is 4.52. The van der Waals surface area contributed by atoms with E-state index in [1.807, 2.05) is 4.90 Å². The lowest BCUT2D eigenvalue weighted by molar-refractivity contribution is 0.171. The van der Waals surface area contributed by atoms with Gasteiger partial charge in [-0.1, -0.05) is 0 Å². The van der Waals surface area contributed by atoms with Crippen molar-refractivity contribution in [1.29, 1.82) is 0 Å². The SMILES string of the molecule is CC1CNC(=O)N1C1CCC[N]1. The maximum absolute atomic E-state index is 11.3. The minimum atomic E-state index is 0.0538. The van der Waals surface area contributed by atoms with Gasteiger partial charge in [-0.25, -0.2) is 10.1 Å². The van der Waals surface area contributed by atoms with Crippen LogP contribution in [0.25, 0.3) is 0 Å². The van der Waals surface area contributed by atoms with Crippen molar-refractivity contribution in [1.82, 2.24) is 15.5 Å². The van der Waals surface area contributed by atoms with E-state index in [9.17, 15) is 4.79 Å². The van der Waals surface area contributed by atoms with Crippen molar-refractivity contribution in [2.24, 2.45) is 0 Å². The maximum atomic E-state index is 11.3. The van der Waals surface area contributed by atoms with Crippen LogP contribution in [0.5, 0.6) is 0 Å². The number of amides is 2. The predicted molar refractivity (Wildman–Crippen MR) is 44.7 cm³/mol. The molecular weight excluding hydrogens is 154 g/mol. The average molecular weight is 168 g/mol. The first kappa shape index (κ1) is 7.86. The Kier molecular flexibility index (Phi) is 1.92. The summed E-state index contributed by atoms with van der Waals surface area (Å²) in [5, 5.41) is 7.21. The molecule has 4 nitrogen and oxygen atoms in total. The van der Waals surface area contributed by atoms with Crippen LogP contribution in [0.4, 0.5) is 4.79 Å². The lowest BCUT2D eigenvalue weighted by Gasteiger charge is -2.25. The summed E-state index contributed by atoms with van der Waals surface area (Å²) in [6.07, 6.45) is 2.32. The van der Waals surface area contributed by atoms with Crippen LogP contribution in [-0.2, 0) is 0 Å². The third kappa shape index (κ3) is 1.16. The summed E-state index contributed by atoms with van der Waals surface area (Å²) in [5.41, 5.74) is 0. The Balaban J connectivity index is 2.04. The monoisotopic (exact) mass is 168 g/mol. The van der Waals surface area contributed by atoms with Crippen molar-refractivity contribution >= 4 is 6.03 Å². The average Bonchev–Trinajstić information content (AvgIpc) is 2.61. The molecule has 2 saturated heterocycles. The summed E-state index contributed by atoms with van der Waals surface area (Å²) in [4.78, 5) is 13.2. The van der Waals surface area contributed by atoms with Crippen LogP contribution < -0.4 is 10.6 Å². The molecule has 0 aromatic heterocycles. The van der Waals surface area contributed by atoms with E-state index in [-0.39, 0.29) is 12.2 Å². The first-order valence-electron chi connectivity index (χ1n) is 4.52. The molecule has 2 amide bonds. The molecule has 2 rings (SSSR count). The van der Waals surface area contributed by atoms with Crippen LogP contribution in [0.1, 0.15) is 19.8 Å². The van der Waals surface area contributed by atoms with E-state index in [2.05, 4.69) is 17.6 Å². The second-order valence-electron chi connectivity index (χ2n) is 3.47. The molecule has 0 bridgehead atoms. The fourth-order valence-corrected chi connectivity index (χ4v) is 1.89. The molecule has 2 aliphatic rings. The number of hydrogen-bond acceptors (Lipinski definition) is 1. The zero-order valence-electron chi connectivity index (χ0n) is 7.29. The molecule has 1 radical (unpaired) electrons. The van der Waals surface area contributed by atoms with Crippen molar-refractivity contribution in [3.8, 4) is 0 Å². The number of nitrogens with zero attached hydrogens (tertiary/aromatic N) is 2. The van der Waals surface area contributed by atoms with Crippen LogP contribution in [0, 0.1) is 0 Å². The normalized spacial score (nSPS) is 35.8. The molecule has 4 heteroatoms. The highest BCUT2D eigenvalue weighted by atomic mass is 16.2. The molecule has 2 atom stereocenters. The van der Waals surface area contributed by atoms with Gasteiger partial charge < -0.3 is 10.2 Å². The van der Waals surface area contributed by atoms with Crippen LogP contribution in [0.3, 0.4) is 0 Å². The smallest absolute Gasteiger partial charge is 0.319 e. The van der Waals surface area contributed by atoms with Crippen LogP contribution in [-0.4, -0.2) is 36.2 Å². The van der Waals surface area contributed by atoms with E-state index in [4.69, 9.17) is 0 Å². The van der Waals surface area contributed by atoms with Crippen molar-refractivity contribution in [2.45, 2.75) is 32.0 Å². The predicted octanol–water partition coefficient (Wildman–Crippen LogP) is 0.124. The Morgan fingerprint density at radius 3 is 3.00 bits per heavy atom. The molecule has 1 N–H and O–H groups in total. The van der Waals surface area contributed by atoms with Gasteiger partial charge in [-0.05, 0) is 19.8 Å². The number of carbonyl (C=O) groups is 1. The van der Waals surface area contributed by atoms with E-state index in [0.29, 0.717) is 6.04 Å². The molecule has 2 heterocycles. The number of urea groups is 1. The van der Waals surface area contributed by atoms with Gasteiger partial charge in [-0.3, -0.25) is 0 Å². The third-order valence-corrected chi connectivity index (χ3v) is 2.54. The number of nitrogens with one attached hydrogen (secondary N) is 1. The van der Waals surface area contributed by atoms with E-state index in [1.165, 1.54) is 0 Å². The van der Waals surface area contributed by atoms with E-state index in [1.54, 1.807) is 0 Å². The summed E-state index contributed by atoms with van der Waals surface area (Å²) in [6, 6.07) is 0.363. The molecule has 0 aliphatic carbocycles. The highest BCUT2D eigenvalue weighted by Crippen LogP contribution is 2.17. The van der Waals surface area contributed by atoms with Crippen molar-refractivity contribution < 1.29 is 4.79 Å². The summed E-state index contributed by atoms with van der Waals surface area (Å²) in [7, 11) is 0. The molecule has 0 saturated carbocycles. The Morgan fingerprint density at radius 2 is 2.50 bits per heavy atom. The fourth-order valence-electron chi connectivity index (χ4n) is 1.89. The molecule has 12 heavy (non-hydrogen) atoms. The van der Waals surface area contributed by atoms with Crippen LogP contribution in [0.15, 0.2) is 0 Å². The highest BCUT2D eigenvalue weighted by molar-refractivity contribution is 5.77. The summed E-state index contributed by atoms with van der Waals surface area (Å²) < 4.78 is 0. The van der Waals surface area contributed by atoms with Crippen LogP contribution in [0.2, 0.25) is 0 Å². The molecule has 67 valence electrons. The van der Waals surface area contributed by atoms with Crippen LogP contribution >= 0.6 is 0 Å². The summed E-state index contributed by atoms with van der Waals surface area (Å²) in [5.74, 6) is 0. The van der Waals surface area contributed by atoms with Gasteiger partial charge in [0.25, 0.3) is 0 Å². The number of rotatable bonds is 1. The standard InChI is InChI=1S/C8H14N3O/c1-6-5-10-8(12)11(6)7-3-2-4-9-7/h6-7H,2-5H2,1H3,(H,10,12). The molecule has 2 unspecified atom stereocenters. The lowest BCUT2D eigenvalue weighted by Crippen LogP contribution is -2.44. The minimum absolute atomic E-state index is 0.0538. The molecule has 2 aliphatic heterocycles. The van der Waals surface area contributed by atoms with Gasteiger partial charge in [0.2, 0.25) is 0 Å². The molecule has 0 spiro atoms. The Bertz CT molecular complexity index is 189. The van der Waals surface area contributed by atoms with E-state index in [0.717, 1.165) is 25.9 Å². The number of carbonyl (C=O) groups excluding carboxylic acids is 1. The largest absolute Gasteiger partial charge is 0.336 e. The Hall–Kier alpha value is -0.770. The van der Waals surface area contributed by atoms with Crippen molar-refractivity contribution in [3.63, 3.8) is 0 Å². The topological polar surface area (TPSA) is 46.4 Å². The lowest BCUT2D eigenvalue weighted by atomic mass is 10.2. The second-order valence-corrected chi connectivity index (χ2v) is 3.47. The van der Waals surface area contributed by atoms with Gasteiger partial charge in [0.1, 0.15) is 6.17 Å².